The van der Waals surface area contributed by atoms with Gasteiger partial charge in [-0.05, 0) is 61.9 Å². The summed E-state index contributed by atoms with van der Waals surface area (Å²) in [6.45, 7) is 1.86. The first-order valence-corrected chi connectivity index (χ1v) is 14.0. The lowest BCUT2D eigenvalue weighted by atomic mass is 10.1. The van der Waals surface area contributed by atoms with Crippen LogP contribution in [0, 0.1) is 0 Å². The van der Waals surface area contributed by atoms with Crippen LogP contribution in [0.5, 0.6) is 0 Å². The molecule has 1 amide bonds. The van der Waals surface area contributed by atoms with E-state index >= 15 is 0 Å². The molecule has 2 aromatic carbocycles. The number of thioether (sulfide) groups is 1. The Balaban J connectivity index is 1.53. The summed E-state index contributed by atoms with van der Waals surface area (Å²) >= 11 is 2.52. The van der Waals surface area contributed by atoms with E-state index in [1.165, 1.54) is 23.9 Å². The normalized spacial score (nSPS) is 14.6. The van der Waals surface area contributed by atoms with E-state index in [0.717, 1.165) is 48.6 Å². The second-order valence-electron chi connectivity index (χ2n) is 7.68. The van der Waals surface area contributed by atoms with E-state index in [-0.39, 0.29) is 22.1 Å². The largest absolute Gasteiger partial charge is 0.343 e. The van der Waals surface area contributed by atoms with Gasteiger partial charge in [-0.1, -0.05) is 17.4 Å². The SMILES string of the molecule is CSc1cccc(NS(=O)(=O)c2ccc3c(c2)sc(=O)n3CCC(=O)N2CCCCC2)c1. The van der Waals surface area contributed by atoms with Crippen molar-refractivity contribution in [3.8, 4) is 0 Å². The van der Waals surface area contributed by atoms with Crippen molar-refractivity contribution in [2.45, 2.75) is 42.0 Å². The van der Waals surface area contributed by atoms with Crippen molar-refractivity contribution in [3.05, 3.63) is 52.1 Å². The predicted molar refractivity (Wildman–Crippen MR) is 130 cm³/mol. The molecule has 1 aliphatic heterocycles. The lowest BCUT2D eigenvalue weighted by Gasteiger charge is -2.26. The monoisotopic (exact) mass is 491 g/mol. The van der Waals surface area contributed by atoms with E-state index < -0.39 is 10.0 Å². The lowest BCUT2D eigenvalue weighted by Crippen LogP contribution is -2.36. The van der Waals surface area contributed by atoms with Gasteiger partial charge in [0.2, 0.25) is 5.91 Å². The van der Waals surface area contributed by atoms with Crippen molar-refractivity contribution in [3.63, 3.8) is 0 Å². The first-order chi connectivity index (χ1) is 15.4. The predicted octanol–water partition coefficient (Wildman–Crippen LogP) is 3.99. The van der Waals surface area contributed by atoms with Gasteiger partial charge < -0.3 is 4.90 Å². The van der Waals surface area contributed by atoms with Gasteiger partial charge in [-0.3, -0.25) is 18.9 Å². The fraction of sp³-hybridized carbons (Fsp3) is 0.364. The molecule has 1 aromatic heterocycles. The number of sulfonamides is 1. The number of likely N-dealkylation sites (tertiary alicyclic amines) is 1. The lowest BCUT2D eigenvalue weighted by molar-refractivity contribution is -0.132. The van der Waals surface area contributed by atoms with Gasteiger partial charge in [-0.15, -0.1) is 11.8 Å². The Labute approximate surface area is 195 Å². The van der Waals surface area contributed by atoms with E-state index in [0.29, 0.717) is 22.4 Å². The maximum Gasteiger partial charge on any atom is 0.308 e. The minimum Gasteiger partial charge on any atom is -0.343 e. The molecule has 32 heavy (non-hydrogen) atoms. The van der Waals surface area contributed by atoms with E-state index in [1.807, 2.05) is 17.2 Å². The Hall–Kier alpha value is -2.30. The molecule has 1 aliphatic rings. The molecule has 0 saturated carbocycles. The van der Waals surface area contributed by atoms with Crippen molar-refractivity contribution >= 4 is 54.9 Å². The number of aryl methyl sites for hydroxylation is 1. The zero-order valence-electron chi connectivity index (χ0n) is 17.7. The van der Waals surface area contributed by atoms with Crippen LogP contribution in [0.4, 0.5) is 5.69 Å². The maximum absolute atomic E-state index is 12.9. The average Bonchev–Trinajstić information content (AvgIpc) is 3.12. The molecular weight excluding hydrogens is 466 g/mol. The summed E-state index contributed by atoms with van der Waals surface area (Å²) in [7, 11) is -3.80. The number of benzene rings is 2. The standard InChI is InChI=1S/C22H25N3O4S3/c1-30-17-7-5-6-16(14-17)23-32(28,29)18-8-9-19-20(15-18)31-22(27)25(19)13-10-21(26)24-11-3-2-4-12-24/h5-9,14-15,23H,2-4,10-13H2,1H3. The van der Waals surface area contributed by atoms with Crippen LogP contribution in [-0.2, 0) is 21.4 Å². The van der Waals surface area contributed by atoms with Gasteiger partial charge in [0.15, 0.2) is 0 Å². The molecule has 2 heterocycles. The number of aromatic nitrogens is 1. The molecule has 3 aromatic rings. The summed E-state index contributed by atoms with van der Waals surface area (Å²) in [6.07, 6.45) is 5.40. The van der Waals surface area contributed by atoms with Crippen molar-refractivity contribution in [1.82, 2.24) is 9.47 Å². The molecule has 0 spiro atoms. The molecule has 0 atom stereocenters. The van der Waals surface area contributed by atoms with Crippen LogP contribution in [0.15, 0.2) is 57.1 Å². The van der Waals surface area contributed by atoms with E-state index in [4.69, 9.17) is 0 Å². The number of thiazole rings is 1. The van der Waals surface area contributed by atoms with Crippen LogP contribution in [0.1, 0.15) is 25.7 Å². The fourth-order valence-corrected chi connectivity index (χ4v) is 6.40. The Bertz CT molecular complexity index is 1290. The Morgan fingerprint density at radius 1 is 1.12 bits per heavy atom. The summed E-state index contributed by atoms with van der Waals surface area (Å²) in [5, 5.41) is 0. The highest BCUT2D eigenvalue weighted by atomic mass is 32.2. The number of hydrogen-bond acceptors (Lipinski definition) is 6. The number of anilines is 1. The Kier molecular flexibility index (Phi) is 6.92. The third kappa shape index (κ3) is 5.02. The molecule has 0 aliphatic carbocycles. The molecular formula is C22H25N3O4S3. The molecule has 170 valence electrons. The number of hydrogen-bond donors (Lipinski definition) is 1. The highest BCUT2D eigenvalue weighted by Gasteiger charge is 2.19. The van der Waals surface area contributed by atoms with Gasteiger partial charge in [0.25, 0.3) is 10.0 Å². The van der Waals surface area contributed by atoms with Crippen molar-refractivity contribution in [1.29, 1.82) is 0 Å². The number of carbonyl (C=O) groups excluding carboxylic acids is 1. The summed E-state index contributed by atoms with van der Waals surface area (Å²) < 4.78 is 30.5. The highest BCUT2D eigenvalue weighted by molar-refractivity contribution is 7.98. The van der Waals surface area contributed by atoms with Crippen LogP contribution in [0.2, 0.25) is 0 Å². The topological polar surface area (TPSA) is 88.5 Å². The number of nitrogens with zero attached hydrogens (tertiary/aromatic N) is 2. The maximum atomic E-state index is 12.9. The smallest absolute Gasteiger partial charge is 0.308 e. The van der Waals surface area contributed by atoms with E-state index in [1.54, 1.807) is 28.8 Å². The van der Waals surface area contributed by atoms with Crippen molar-refractivity contribution < 1.29 is 13.2 Å². The third-order valence-corrected chi connectivity index (χ3v) is 8.58. The van der Waals surface area contributed by atoms with Crippen molar-refractivity contribution in [2.24, 2.45) is 0 Å². The first kappa shape index (κ1) is 22.9. The molecule has 1 fully saturated rings. The summed E-state index contributed by atoms with van der Waals surface area (Å²) in [6, 6.07) is 11.8. The zero-order chi connectivity index (χ0) is 22.7. The second-order valence-corrected chi connectivity index (χ2v) is 11.2. The van der Waals surface area contributed by atoms with Crippen LogP contribution >= 0.6 is 23.1 Å². The second kappa shape index (κ2) is 9.68. The van der Waals surface area contributed by atoms with Gasteiger partial charge >= 0.3 is 4.87 Å². The summed E-state index contributed by atoms with van der Waals surface area (Å²) in [5.74, 6) is 0.0619. The first-order valence-electron chi connectivity index (χ1n) is 10.5. The van der Waals surface area contributed by atoms with Gasteiger partial charge in [0, 0.05) is 36.6 Å². The van der Waals surface area contributed by atoms with E-state index in [2.05, 4.69) is 4.72 Å². The minimum atomic E-state index is -3.80. The van der Waals surface area contributed by atoms with Crippen LogP contribution in [0.3, 0.4) is 0 Å². The van der Waals surface area contributed by atoms with Crippen molar-refractivity contribution in [2.75, 3.05) is 24.1 Å². The van der Waals surface area contributed by atoms with Gasteiger partial charge in [-0.25, -0.2) is 8.42 Å². The Morgan fingerprint density at radius 3 is 2.66 bits per heavy atom. The quantitative estimate of drug-likeness (QED) is 0.505. The molecule has 4 rings (SSSR count). The molecule has 1 saturated heterocycles. The van der Waals surface area contributed by atoms with Gasteiger partial charge in [0.1, 0.15) is 0 Å². The zero-order valence-corrected chi connectivity index (χ0v) is 20.2. The number of amides is 1. The molecule has 7 nitrogen and oxygen atoms in total. The highest BCUT2D eigenvalue weighted by Crippen LogP contribution is 2.25. The van der Waals surface area contributed by atoms with E-state index in [9.17, 15) is 18.0 Å². The minimum absolute atomic E-state index is 0.0619. The van der Waals surface area contributed by atoms with Gasteiger partial charge in [0.05, 0.1) is 15.1 Å². The molecule has 0 unspecified atom stereocenters. The van der Waals surface area contributed by atoms with Gasteiger partial charge in [-0.2, -0.15) is 0 Å². The molecule has 10 heteroatoms. The number of nitrogens with one attached hydrogen (secondary N) is 1. The fourth-order valence-electron chi connectivity index (χ4n) is 3.84. The van der Waals surface area contributed by atoms with Crippen LogP contribution in [-0.4, -0.2) is 43.1 Å². The number of fused-ring (bicyclic) bond motifs is 1. The third-order valence-electron chi connectivity index (χ3n) is 5.53. The Morgan fingerprint density at radius 2 is 1.91 bits per heavy atom. The molecule has 1 N–H and O–H groups in total. The molecule has 0 radical (unpaired) electrons. The molecule has 0 bridgehead atoms. The summed E-state index contributed by atoms with van der Waals surface area (Å²) in [4.78, 5) is 27.7. The number of piperidine rings is 1. The summed E-state index contributed by atoms with van der Waals surface area (Å²) in [5.41, 5.74) is 1.13. The van der Waals surface area contributed by atoms with Crippen LogP contribution < -0.4 is 9.60 Å². The van der Waals surface area contributed by atoms with Crippen LogP contribution in [0.25, 0.3) is 10.2 Å². The average molecular weight is 492 g/mol. The number of rotatable bonds is 7. The number of carbonyl (C=O) groups is 1.